The van der Waals surface area contributed by atoms with E-state index in [1.54, 1.807) is 6.26 Å². The van der Waals surface area contributed by atoms with Crippen LogP contribution < -0.4 is 0 Å². The van der Waals surface area contributed by atoms with Gasteiger partial charge in [0, 0.05) is 0 Å². The summed E-state index contributed by atoms with van der Waals surface area (Å²) in [4.78, 5) is 4.52. The topological polar surface area (TPSA) is 54.2 Å². The van der Waals surface area contributed by atoms with Gasteiger partial charge in [0.05, 0.1) is 29.1 Å². The SMILES string of the molecule is N#CCc1c(-c2ccco2)nc2cccc(Br)n12. The molecule has 0 aliphatic rings. The Hall–Kier alpha value is -2.06. The van der Waals surface area contributed by atoms with Gasteiger partial charge < -0.3 is 4.42 Å². The average Bonchev–Trinajstić information content (AvgIpc) is 2.97. The van der Waals surface area contributed by atoms with Crippen molar-refractivity contribution < 1.29 is 4.42 Å². The monoisotopic (exact) mass is 301 g/mol. The van der Waals surface area contributed by atoms with E-state index in [2.05, 4.69) is 27.0 Å². The van der Waals surface area contributed by atoms with Crippen molar-refractivity contribution in [3.63, 3.8) is 0 Å². The van der Waals surface area contributed by atoms with Crippen molar-refractivity contribution in [2.24, 2.45) is 0 Å². The number of rotatable bonds is 2. The minimum Gasteiger partial charge on any atom is -0.463 e. The van der Waals surface area contributed by atoms with Gasteiger partial charge in [-0.1, -0.05) is 6.07 Å². The molecular formula is C13H8BrN3O. The van der Waals surface area contributed by atoms with Crippen LogP contribution in [0.3, 0.4) is 0 Å². The fourth-order valence-electron chi connectivity index (χ4n) is 1.96. The van der Waals surface area contributed by atoms with E-state index in [4.69, 9.17) is 9.68 Å². The van der Waals surface area contributed by atoms with Gasteiger partial charge in [0.15, 0.2) is 5.76 Å². The molecule has 0 radical (unpaired) electrons. The smallest absolute Gasteiger partial charge is 0.154 e. The van der Waals surface area contributed by atoms with Crippen molar-refractivity contribution in [1.82, 2.24) is 9.38 Å². The van der Waals surface area contributed by atoms with Gasteiger partial charge in [-0.2, -0.15) is 5.26 Å². The van der Waals surface area contributed by atoms with Crippen molar-refractivity contribution in [2.45, 2.75) is 6.42 Å². The van der Waals surface area contributed by atoms with Crippen molar-refractivity contribution in [2.75, 3.05) is 0 Å². The molecule has 0 aliphatic carbocycles. The van der Waals surface area contributed by atoms with Crippen LogP contribution in [0.5, 0.6) is 0 Å². The minimum absolute atomic E-state index is 0.278. The van der Waals surface area contributed by atoms with Gasteiger partial charge in [-0.3, -0.25) is 4.40 Å². The Morgan fingerprint density at radius 3 is 2.94 bits per heavy atom. The lowest BCUT2D eigenvalue weighted by atomic mass is 10.2. The Bertz CT molecular complexity index is 738. The standard InChI is InChI=1S/C13H8BrN3O/c14-11-4-1-5-12-16-13(10-3-2-8-18-10)9(6-7-15)17(11)12/h1-5,8H,6H2. The average molecular weight is 302 g/mol. The number of imidazole rings is 1. The molecule has 0 amide bonds. The molecule has 0 N–H and O–H groups in total. The van der Waals surface area contributed by atoms with Crippen LogP contribution in [-0.4, -0.2) is 9.38 Å². The van der Waals surface area contributed by atoms with Crippen LogP contribution in [0.15, 0.2) is 45.6 Å². The maximum atomic E-state index is 8.97. The third-order valence-electron chi connectivity index (χ3n) is 2.69. The quantitative estimate of drug-likeness (QED) is 0.682. The van der Waals surface area contributed by atoms with Crippen LogP contribution in [0.2, 0.25) is 0 Å². The molecule has 3 heterocycles. The zero-order valence-electron chi connectivity index (χ0n) is 9.30. The largest absolute Gasteiger partial charge is 0.463 e. The molecule has 0 spiro atoms. The summed E-state index contributed by atoms with van der Waals surface area (Å²) in [6.07, 6.45) is 1.88. The molecule has 0 bridgehead atoms. The number of furan rings is 1. The number of fused-ring (bicyclic) bond motifs is 1. The molecule has 0 unspecified atom stereocenters. The molecule has 0 aliphatic heterocycles. The summed E-state index contributed by atoms with van der Waals surface area (Å²) in [5, 5.41) is 8.97. The number of pyridine rings is 1. The van der Waals surface area contributed by atoms with Crippen molar-refractivity contribution in [3.8, 4) is 17.5 Å². The van der Waals surface area contributed by atoms with Gasteiger partial charge in [-0.25, -0.2) is 4.98 Å². The van der Waals surface area contributed by atoms with Crippen LogP contribution in [0, 0.1) is 11.3 Å². The van der Waals surface area contributed by atoms with E-state index in [-0.39, 0.29) is 6.42 Å². The molecule has 0 aromatic carbocycles. The highest BCUT2D eigenvalue weighted by Crippen LogP contribution is 2.27. The van der Waals surface area contributed by atoms with E-state index in [9.17, 15) is 0 Å². The van der Waals surface area contributed by atoms with E-state index in [0.29, 0.717) is 11.5 Å². The summed E-state index contributed by atoms with van der Waals surface area (Å²) >= 11 is 3.48. The van der Waals surface area contributed by atoms with Crippen LogP contribution in [0.4, 0.5) is 0 Å². The first-order valence-electron chi connectivity index (χ1n) is 5.38. The van der Waals surface area contributed by atoms with E-state index in [0.717, 1.165) is 15.9 Å². The van der Waals surface area contributed by atoms with Gasteiger partial charge in [-0.05, 0) is 40.2 Å². The fourth-order valence-corrected chi connectivity index (χ4v) is 2.51. The number of halogens is 1. The lowest BCUT2D eigenvalue weighted by Crippen LogP contribution is -1.94. The molecule has 0 atom stereocenters. The van der Waals surface area contributed by atoms with Crippen molar-refractivity contribution >= 4 is 21.6 Å². The molecule has 5 heteroatoms. The Balaban J connectivity index is 2.36. The maximum absolute atomic E-state index is 8.97. The number of hydrogen-bond donors (Lipinski definition) is 0. The second-order valence-electron chi connectivity index (χ2n) is 3.76. The normalized spacial score (nSPS) is 10.7. The van der Waals surface area contributed by atoms with Crippen LogP contribution >= 0.6 is 15.9 Å². The number of nitriles is 1. The van der Waals surface area contributed by atoms with Crippen LogP contribution in [-0.2, 0) is 6.42 Å². The third-order valence-corrected chi connectivity index (χ3v) is 3.31. The second-order valence-corrected chi connectivity index (χ2v) is 4.57. The number of nitrogens with zero attached hydrogens (tertiary/aromatic N) is 3. The summed E-state index contributed by atoms with van der Waals surface area (Å²) < 4.78 is 8.16. The Morgan fingerprint density at radius 1 is 1.33 bits per heavy atom. The summed E-state index contributed by atoms with van der Waals surface area (Å²) in [7, 11) is 0. The summed E-state index contributed by atoms with van der Waals surface area (Å²) in [6.45, 7) is 0. The molecule has 0 fully saturated rings. The molecule has 18 heavy (non-hydrogen) atoms. The van der Waals surface area contributed by atoms with E-state index < -0.39 is 0 Å². The predicted octanol–water partition coefficient (Wildman–Crippen LogP) is 3.42. The molecule has 88 valence electrons. The highest BCUT2D eigenvalue weighted by molar-refractivity contribution is 9.10. The Kier molecular flexibility index (Phi) is 2.65. The lowest BCUT2D eigenvalue weighted by molar-refractivity contribution is 0.580. The van der Waals surface area contributed by atoms with Gasteiger partial charge in [0.1, 0.15) is 11.3 Å². The highest BCUT2D eigenvalue weighted by Gasteiger charge is 2.16. The Morgan fingerprint density at radius 2 is 2.22 bits per heavy atom. The molecule has 3 aromatic rings. The van der Waals surface area contributed by atoms with E-state index >= 15 is 0 Å². The first kappa shape index (κ1) is 11.1. The van der Waals surface area contributed by atoms with Crippen LogP contribution in [0.1, 0.15) is 5.69 Å². The summed E-state index contributed by atoms with van der Waals surface area (Å²) in [5.74, 6) is 0.677. The number of hydrogen-bond acceptors (Lipinski definition) is 3. The molecule has 0 saturated heterocycles. The Labute approximate surface area is 112 Å². The van der Waals surface area contributed by atoms with E-state index in [1.165, 1.54) is 0 Å². The molecule has 0 saturated carbocycles. The highest BCUT2D eigenvalue weighted by atomic mass is 79.9. The van der Waals surface area contributed by atoms with Gasteiger partial charge in [0.25, 0.3) is 0 Å². The zero-order valence-corrected chi connectivity index (χ0v) is 10.9. The first-order chi connectivity index (χ1) is 8.81. The predicted molar refractivity (Wildman–Crippen MR) is 69.9 cm³/mol. The lowest BCUT2D eigenvalue weighted by Gasteiger charge is -2.01. The summed E-state index contributed by atoms with van der Waals surface area (Å²) in [6, 6.07) is 11.6. The van der Waals surface area contributed by atoms with Crippen LogP contribution in [0.25, 0.3) is 17.1 Å². The minimum atomic E-state index is 0.278. The third kappa shape index (κ3) is 1.62. The summed E-state index contributed by atoms with van der Waals surface area (Å²) in [5.41, 5.74) is 2.34. The van der Waals surface area contributed by atoms with Gasteiger partial charge >= 0.3 is 0 Å². The van der Waals surface area contributed by atoms with Gasteiger partial charge in [-0.15, -0.1) is 0 Å². The van der Waals surface area contributed by atoms with Crippen molar-refractivity contribution in [3.05, 3.63) is 46.9 Å². The molecular weight excluding hydrogens is 294 g/mol. The zero-order chi connectivity index (χ0) is 12.5. The van der Waals surface area contributed by atoms with Crippen molar-refractivity contribution in [1.29, 1.82) is 5.26 Å². The second kappa shape index (κ2) is 4.31. The maximum Gasteiger partial charge on any atom is 0.154 e. The first-order valence-corrected chi connectivity index (χ1v) is 6.17. The molecule has 4 nitrogen and oxygen atoms in total. The fraction of sp³-hybridized carbons (Fsp3) is 0.0769. The molecule has 3 aromatic heterocycles. The van der Waals surface area contributed by atoms with E-state index in [1.807, 2.05) is 34.7 Å². The van der Waals surface area contributed by atoms with Gasteiger partial charge in [0.2, 0.25) is 0 Å². The molecule has 3 rings (SSSR count). The number of aromatic nitrogens is 2.